The van der Waals surface area contributed by atoms with Crippen LogP contribution in [0.5, 0.6) is 11.5 Å². The predicted molar refractivity (Wildman–Crippen MR) is 116 cm³/mol. The quantitative estimate of drug-likeness (QED) is 0.423. The minimum Gasteiger partial charge on any atom is -0.542 e. The number of carboxylic acid groups (broad SMARTS) is 1. The molecule has 0 saturated carbocycles. The van der Waals surface area contributed by atoms with Gasteiger partial charge in [0.25, 0.3) is 0 Å². The van der Waals surface area contributed by atoms with Gasteiger partial charge in [-0.2, -0.15) is 0 Å². The Labute approximate surface area is 186 Å². The number of carboxylic acids is 1. The average Bonchev–Trinajstić information content (AvgIpc) is 2.80. The van der Waals surface area contributed by atoms with E-state index in [0.717, 1.165) is 6.07 Å². The third kappa shape index (κ3) is 4.58. The highest BCUT2D eigenvalue weighted by atomic mass is 16.5. The van der Waals surface area contributed by atoms with Crippen LogP contribution in [0.15, 0.2) is 67.0 Å². The van der Waals surface area contributed by atoms with Crippen LogP contribution in [-0.2, 0) is 6.42 Å². The Bertz CT molecular complexity index is 1450. The number of ether oxygens (including phenoxy) is 2. The number of carbonyl (C=O) groups excluding carboxylic acids is 1. The van der Waals surface area contributed by atoms with Gasteiger partial charge in [0, 0.05) is 18.6 Å². The van der Waals surface area contributed by atoms with E-state index in [1.165, 1.54) is 24.3 Å². The van der Waals surface area contributed by atoms with Crippen LogP contribution in [0.1, 0.15) is 23.2 Å². The van der Waals surface area contributed by atoms with Crippen LogP contribution < -0.4 is 25.4 Å². The van der Waals surface area contributed by atoms with E-state index in [2.05, 4.69) is 0 Å². The molecule has 2 aromatic carbocycles. The molecular formula is C24H19O9-. The van der Waals surface area contributed by atoms with Crippen molar-refractivity contribution in [1.82, 2.24) is 0 Å². The highest BCUT2D eigenvalue weighted by molar-refractivity contribution is 5.88. The molecule has 1 unspecified atom stereocenters. The molecule has 0 spiro atoms. The van der Waals surface area contributed by atoms with E-state index in [1.54, 1.807) is 18.2 Å². The maximum Gasteiger partial charge on any atom is 0.197 e. The van der Waals surface area contributed by atoms with Crippen molar-refractivity contribution < 1.29 is 33.3 Å². The molecule has 0 radical (unpaired) electrons. The minimum absolute atomic E-state index is 0.0128. The third-order valence-electron chi connectivity index (χ3n) is 4.90. The van der Waals surface area contributed by atoms with Crippen LogP contribution in [0.3, 0.4) is 0 Å². The molecule has 2 aromatic heterocycles. The molecule has 170 valence electrons. The number of aryl methyl sites for hydroxylation is 1. The summed E-state index contributed by atoms with van der Waals surface area (Å²) in [4.78, 5) is 35.7. The Morgan fingerprint density at radius 3 is 2.03 bits per heavy atom. The first-order valence-electron chi connectivity index (χ1n) is 10.1. The Kier molecular flexibility index (Phi) is 6.14. The molecule has 0 amide bonds. The van der Waals surface area contributed by atoms with Crippen molar-refractivity contribution in [2.24, 2.45) is 0 Å². The molecule has 9 nitrogen and oxygen atoms in total. The van der Waals surface area contributed by atoms with Gasteiger partial charge in [-0.25, -0.2) is 0 Å². The molecule has 4 rings (SSSR count). The molecule has 33 heavy (non-hydrogen) atoms. The zero-order valence-corrected chi connectivity index (χ0v) is 17.5. The number of hydrogen-bond acceptors (Lipinski definition) is 9. The van der Waals surface area contributed by atoms with E-state index in [0.29, 0.717) is 17.8 Å². The SMILES string of the molecule is CCc1cc(=O)c2c(OCC(O)COc3cccc4oc(C(=O)[O-])cc(=O)c34)cccc2o1. The lowest BCUT2D eigenvalue weighted by Crippen LogP contribution is -2.26. The van der Waals surface area contributed by atoms with E-state index in [-0.39, 0.29) is 46.5 Å². The topological polar surface area (TPSA) is 139 Å². The largest absolute Gasteiger partial charge is 0.542 e. The summed E-state index contributed by atoms with van der Waals surface area (Å²) in [5, 5.41) is 21.6. The molecule has 0 saturated heterocycles. The number of carbonyl (C=O) groups is 1. The molecule has 0 bridgehead atoms. The van der Waals surface area contributed by atoms with Gasteiger partial charge in [-0.1, -0.05) is 19.1 Å². The molecule has 1 N–H and O–H groups in total. The molecule has 9 heteroatoms. The van der Waals surface area contributed by atoms with Crippen LogP contribution >= 0.6 is 0 Å². The van der Waals surface area contributed by atoms with E-state index in [4.69, 9.17) is 18.3 Å². The molecule has 1 atom stereocenters. The summed E-state index contributed by atoms with van der Waals surface area (Å²) in [7, 11) is 0. The van der Waals surface area contributed by atoms with Crippen molar-refractivity contribution in [2.45, 2.75) is 19.4 Å². The lowest BCUT2D eigenvalue weighted by atomic mass is 10.2. The monoisotopic (exact) mass is 451 g/mol. The van der Waals surface area contributed by atoms with Gasteiger partial charge in [-0.05, 0) is 24.3 Å². The van der Waals surface area contributed by atoms with Crippen LogP contribution in [0.4, 0.5) is 0 Å². The van der Waals surface area contributed by atoms with Gasteiger partial charge in [0.15, 0.2) is 16.6 Å². The van der Waals surface area contributed by atoms with Gasteiger partial charge in [-0.15, -0.1) is 0 Å². The Morgan fingerprint density at radius 2 is 1.48 bits per heavy atom. The van der Waals surface area contributed by atoms with E-state index in [9.17, 15) is 24.6 Å². The first kappa shape index (κ1) is 22.1. The lowest BCUT2D eigenvalue weighted by molar-refractivity contribution is -0.257. The van der Waals surface area contributed by atoms with Crippen molar-refractivity contribution in [3.63, 3.8) is 0 Å². The van der Waals surface area contributed by atoms with Crippen LogP contribution in [0.2, 0.25) is 0 Å². The van der Waals surface area contributed by atoms with Crippen molar-refractivity contribution in [3.8, 4) is 11.5 Å². The second-order valence-electron chi connectivity index (χ2n) is 7.23. The van der Waals surface area contributed by atoms with Gasteiger partial charge in [0.2, 0.25) is 0 Å². The molecule has 0 aliphatic rings. The Balaban J connectivity index is 1.48. The highest BCUT2D eigenvalue weighted by Gasteiger charge is 2.15. The fraction of sp³-hybridized carbons (Fsp3) is 0.208. The summed E-state index contributed by atoms with van der Waals surface area (Å²) in [5.41, 5.74) is -0.460. The number of fused-ring (bicyclic) bond motifs is 2. The van der Waals surface area contributed by atoms with E-state index in [1.807, 2.05) is 6.92 Å². The first-order valence-corrected chi connectivity index (χ1v) is 10.1. The van der Waals surface area contributed by atoms with Gasteiger partial charge in [0.1, 0.15) is 64.5 Å². The fourth-order valence-electron chi connectivity index (χ4n) is 3.34. The first-order chi connectivity index (χ1) is 15.9. The van der Waals surface area contributed by atoms with Gasteiger partial charge in [0.05, 0.1) is 0 Å². The minimum atomic E-state index is -1.61. The number of hydrogen-bond donors (Lipinski definition) is 1. The van der Waals surface area contributed by atoms with Gasteiger partial charge < -0.3 is 33.3 Å². The Hall–Kier alpha value is -4.11. The average molecular weight is 451 g/mol. The van der Waals surface area contributed by atoms with Crippen molar-refractivity contribution in [3.05, 3.63) is 80.5 Å². The summed E-state index contributed by atoms with van der Waals surface area (Å²) < 4.78 is 22.0. The lowest BCUT2D eigenvalue weighted by Gasteiger charge is -2.15. The van der Waals surface area contributed by atoms with E-state index >= 15 is 0 Å². The summed E-state index contributed by atoms with van der Waals surface area (Å²) in [6.07, 6.45) is -0.528. The number of aromatic carboxylic acids is 1. The summed E-state index contributed by atoms with van der Waals surface area (Å²) in [6.45, 7) is 1.45. The van der Waals surface area contributed by atoms with E-state index < -0.39 is 23.3 Å². The normalized spacial score (nSPS) is 12.1. The van der Waals surface area contributed by atoms with Crippen LogP contribution in [-0.4, -0.2) is 30.4 Å². The van der Waals surface area contributed by atoms with Crippen LogP contribution in [0, 0.1) is 0 Å². The summed E-state index contributed by atoms with van der Waals surface area (Å²) >= 11 is 0. The number of aliphatic hydroxyl groups is 1. The molecule has 0 aliphatic carbocycles. The molecule has 0 fully saturated rings. The maximum absolute atomic E-state index is 12.5. The highest BCUT2D eigenvalue weighted by Crippen LogP contribution is 2.25. The molecule has 4 aromatic rings. The second kappa shape index (κ2) is 9.17. The number of benzene rings is 2. The maximum atomic E-state index is 12.5. The van der Waals surface area contributed by atoms with Crippen molar-refractivity contribution >= 4 is 27.9 Å². The molecule has 2 heterocycles. The van der Waals surface area contributed by atoms with Crippen molar-refractivity contribution in [1.29, 1.82) is 0 Å². The predicted octanol–water partition coefficient (Wildman–Crippen LogP) is 1.64. The summed E-state index contributed by atoms with van der Waals surface area (Å²) in [6, 6.07) is 11.6. The second-order valence-corrected chi connectivity index (χ2v) is 7.23. The van der Waals surface area contributed by atoms with Gasteiger partial charge >= 0.3 is 0 Å². The zero-order chi connectivity index (χ0) is 23.5. The van der Waals surface area contributed by atoms with Crippen LogP contribution in [0.25, 0.3) is 21.9 Å². The van der Waals surface area contributed by atoms with Crippen molar-refractivity contribution in [2.75, 3.05) is 13.2 Å². The number of rotatable bonds is 8. The Morgan fingerprint density at radius 1 is 0.939 bits per heavy atom. The standard InChI is InChI=1S/C24H20O9/c1-2-14-9-15(26)22-17(5-3-7-19(22)32-14)30-11-13(25)12-31-18-6-4-8-20-23(18)16(27)10-21(33-20)24(28)29/h3-10,13,25H,2,11-12H2,1H3,(H,28,29)/p-1. The third-order valence-corrected chi connectivity index (χ3v) is 4.90. The molecule has 0 aliphatic heterocycles. The molecular weight excluding hydrogens is 432 g/mol. The number of aliphatic hydroxyl groups excluding tert-OH is 1. The van der Waals surface area contributed by atoms with Gasteiger partial charge in [-0.3, -0.25) is 9.59 Å². The summed E-state index contributed by atoms with van der Waals surface area (Å²) in [5.74, 6) is -1.26. The fourth-order valence-corrected chi connectivity index (χ4v) is 3.34. The zero-order valence-electron chi connectivity index (χ0n) is 17.5. The smallest absolute Gasteiger partial charge is 0.197 e.